The number of rotatable bonds is 5. The molecule has 3 N–H and O–H groups in total. The van der Waals surface area contributed by atoms with Crippen LogP contribution in [0, 0.1) is 0 Å². The second kappa shape index (κ2) is 5.79. The first-order valence-corrected chi connectivity index (χ1v) is 6.80. The van der Waals surface area contributed by atoms with E-state index in [1.165, 1.54) is 11.3 Å². The highest BCUT2D eigenvalue weighted by Gasteiger charge is 2.14. The summed E-state index contributed by atoms with van der Waals surface area (Å²) in [6, 6.07) is -0.198. The van der Waals surface area contributed by atoms with Crippen LogP contribution in [0.3, 0.4) is 0 Å². The van der Waals surface area contributed by atoms with Gasteiger partial charge in [-0.25, -0.2) is 4.98 Å². The van der Waals surface area contributed by atoms with E-state index in [9.17, 15) is 4.79 Å². The first-order valence-electron chi connectivity index (χ1n) is 5.98. The molecule has 2 rings (SSSR count). The lowest BCUT2D eigenvalue weighted by Crippen LogP contribution is -2.30. The average Bonchev–Trinajstić information content (AvgIpc) is 2.97. The van der Waals surface area contributed by atoms with Gasteiger partial charge in [-0.05, 0) is 6.92 Å². The van der Waals surface area contributed by atoms with E-state index in [1.54, 1.807) is 12.4 Å². The molecule has 19 heavy (non-hydrogen) atoms. The zero-order valence-electron chi connectivity index (χ0n) is 10.8. The highest BCUT2D eigenvalue weighted by Crippen LogP contribution is 2.18. The van der Waals surface area contributed by atoms with E-state index in [0.29, 0.717) is 10.1 Å². The SMILES string of the molecule is CCc1nccn1CC(=O)N[C@@H](C)c1nnc(N)s1. The molecule has 2 aromatic heterocycles. The molecule has 1 amide bonds. The number of aryl methyl sites for hydroxylation is 1. The van der Waals surface area contributed by atoms with E-state index in [1.807, 2.05) is 18.4 Å². The van der Waals surface area contributed by atoms with Crippen LogP contribution < -0.4 is 11.1 Å². The van der Waals surface area contributed by atoms with Crippen molar-refractivity contribution >= 4 is 22.4 Å². The lowest BCUT2D eigenvalue weighted by molar-refractivity contribution is -0.122. The summed E-state index contributed by atoms with van der Waals surface area (Å²) >= 11 is 1.28. The summed E-state index contributed by atoms with van der Waals surface area (Å²) in [4.78, 5) is 16.1. The van der Waals surface area contributed by atoms with Crippen molar-refractivity contribution in [2.24, 2.45) is 0 Å². The Bertz CT molecular complexity index is 563. The quantitative estimate of drug-likeness (QED) is 0.842. The molecule has 102 valence electrons. The van der Waals surface area contributed by atoms with Crippen LogP contribution in [-0.2, 0) is 17.8 Å². The van der Waals surface area contributed by atoms with Gasteiger partial charge in [0.1, 0.15) is 17.4 Å². The second-order valence-corrected chi connectivity index (χ2v) is 5.13. The van der Waals surface area contributed by atoms with Gasteiger partial charge in [-0.2, -0.15) is 0 Å². The highest BCUT2D eigenvalue weighted by molar-refractivity contribution is 7.15. The Labute approximate surface area is 114 Å². The lowest BCUT2D eigenvalue weighted by atomic mass is 10.3. The number of carbonyl (C=O) groups is 1. The van der Waals surface area contributed by atoms with Gasteiger partial charge in [0.15, 0.2) is 0 Å². The van der Waals surface area contributed by atoms with Crippen molar-refractivity contribution in [3.63, 3.8) is 0 Å². The summed E-state index contributed by atoms with van der Waals surface area (Å²) in [6.07, 6.45) is 4.29. The fourth-order valence-electron chi connectivity index (χ4n) is 1.72. The van der Waals surface area contributed by atoms with E-state index in [-0.39, 0.29) is 18.5 Å². The maximum Gasteiger partial charge on any atom is 0.240 e. The van der Waals surface area contributed by atoms with Crippen LogP contribution in [0.5, 0.6) is 0 Å². The van der Waals surface area contributed by atoms with E-state index >= 15 is 0 Å². The summed E-state index contributed by atoms with van der Waals surface area (Å²) in [7, 11) is 0. The van der Waals surface area contributed by atoms with Gasteiger partial charge in [0.2, 0.25) is 11.0 Å². The van der Waals surface area contributed by atoms with Crippen molar-refractivity contribution in [3.05, 3.63) is 23.2 Å². The number of nitrogen functional groups attached to an aromatic ring is 1. The minimum Gasteiger partial charge on any atom is -0.374 e. The molecule has 0 saturated heterocycles. The largest absolute Gasteiger partial charge is 0.374 e. The summed E-state index contributed by atoms with van der Waals surface area (Å²) in [5, 5.41) is 11.6. The van der Waals surface area contributed by atoms with Crippen molar-refractivity contribution in [2.75, 3.05) is 5.73 Å². The van der Waals surface area contributed by atoms with Gasteiger partial charge in [0, 0.05) is 18.8 Å². The second-order valence-electron chi connectivity index (χ2n) is 4.09. The first-order chi connectivity index (χ1) is 9.10. The third-order valence-corrected chi connectivity index (χ3v) is 3.57. The van der Waals surface area contributed by atoms with Gasteiger partial charge in [-0.3, -0.25) is 4.79 Å². The number of imidazole rings is 1. The Hall–Kier alpha value is -1.96. The molecule has 0 aliphatic rings. The molecule has 0 aliphatic heterocycles. The fraction of sp³-hybridized carbons (Fsp3) is 0.455. The molecule has 0 aromatic carbocycles. The Balaban J connectivity index is 1.94. The summed E-state index contributed by atoms with van der Waals surface area (Å²) in [5.74, 6) is 0.803. The van der Waals surface area contributed by atoms with Crippen molar-refractivity contribution in [2.45, 2.75) is 32.9 Å². The Kier molecular flexibility index (Phi) is 4.10. The van der Waals surface area contributed by atoms with Crippen molar-refractivity contribution in [3.8, 4) is 0 Å². The standard InChI is InChI=1S/C11H16N6OS/c1-3-8-13-4-5-17(8)6-9(18)14-7(2)10-15-16-11(12)19-10/h4-5,7H,3,6H2,1-2H3,(H2,12,16)(H,14,18)/t7-/m0/s1. The summed E-state index contributed by atoms with van der Waals surface area (Å²) in [5.41, 5.74) is 5.51. The molecule has 2 aromatic rings. The maximum absolute atomic E-state index is 11.9. The number of nitrogens with one attached hydrogen (secondary N) is 1. The predicted octanol–water partition coefficient (Wildman–Crippen LogP) is 0.757. The topological polar surface area (TPSA) is 98.7 Å². The highest BCUT2D eigenvalue weighted by atomic mass is 32.1. The summed E-state index contributed by atoms with van der Waals surface area (Å²) in [6.45, 7) is 4.11. The molecular formula is C11H16N6OS. The van der Waals surface area contributed by atoms with Crippen LogP contribution in [0.2, 0.25) is 0 Å². The van der Waals surface area contributed by atoms with E-state index < -0.39 is 0 Å². The first kappa shape index (κ1) is 13.5. The number of anilines is 1. The fourth-order valence-corrected chi connectivity index (χ4v) is 2.34. The third kappa shape index (κ3) is 3.28. The maximum atomic E-state index is 11.9. The molecule has 0 radical (unpaired) electrons. The van der Waals surface area contributed by atoms with Crippen LogP contribution in [0.25, 0.3) is 0 Å². The molecule has 0 bridgehead atoms. The number of nitrogens with zero attached hydrogens (tertiary/aromatic N) is 4. The molecule has 2 heterocycles. The van der Waals surface area contributed by atoms with Crippen molar-refractivity contribution < 1.29 is 4.79 Å². The number of aromatic nitrogens is 4. The monoisotopic (exact) mass is 280 g/mol. The predicted molar refractivity (Wildman–Crippen MR) is 72.5 cm³/mol. The average molecular weight is 280 g/mol. The Morgan fingerprint density at radius 2 is 2.37 bits per heavy atom. The van der Waals surface area contributed by atoms with Crippen molar-refractivity contribution in [1.82, 2.24) is 25.1 Å². The van der Waals surface area contributed by atoms with Crippen LogP contribution in [0.1, 0.15) is 30.7 Å². The molecule has 0 unspecified atom stereocenters. The van der Waals surface area contributed by atoms with E-state index in [2.05, 4.69) is 20.5 Å². The molecule has 8 heteroatoms. The van der Waals surface area contributed by atoms with Gasteiger partial charge in [0.25, 0.3) is 0 Å². The Morgan fingerprint density at radius 1 is 1.58 bits per heavy atom. The normalized spacial score (nSPS) is 12.3. The van der Waals surface area contributed by atoms with Gasteiger partial charge in [-0.1, -0.05) is 18.3 Å². The molecule has 0 spiro atoms. The minimum absolute atomic E-state index is 0.0889. The molecule has 1 atom stereocenters. The number of carbonyl (C=O) groups excluding carboxylic acids is 1. The van der Waals surface area contributed by atoms with Crippen LogP contribution in [-0.4, -0.2) is 25.7 Å². The third-order valence-electron chi connectivity index (χ3n) is 2.64. The van der Waals surface area contributed by atoms with Gasteiger partial charge >= 0.3 is 0 Å². The van der Waals surface area contributed by atoms with Crippen molar-refractivity contribution in [1.29, 1.82) is 0 Å². The minimum atomic E-state index is -0.198. The number of hydrogen-bond acceptors (Lipinski definition) is 6. The van der Waals surface area contributed by atoms with E-state index in [4.69, 9.17) is 5.73 Å². The smallest absolute Gasteiger partial charge is 0.240 e. The van der Waals surface area contributed by atoms with Crippen LogP contribution in [0.4, 0.5) is 5.13 Å². The zero-order chi connectivity index (χ0) is 13.8. The van der Waals surface area contributed by atoms with Gasteiger partial charge < -0.3 is 15.6 Å². The number of hydrogen-bond donors (Lipinski definition) is 2. The molecule has 7 nitrogen and oxygen atoms in total. The number of nitrogens with two attached hydrogens (primary N) is 1. The Morgan fingerprint density at radius 3 is 3.00 bits per heavy atom. The zero-order valence-corrected chi connectivity index (χ0v) is 11.6. The number of amides is 1. The lowest BCUT2D eigenvalue weighted by Gasteiger charge is -2.12. The molecular weight excluding hydrogens is 264 g/mol. The van der Waals surface area contributed by atoms with Crippen LogP contribution >= 0.6 is 11.3 Å². The van der Waals surface area contributed by atoms with Gasteiger partial charge in [0.05, 0.1) is 6.04 Å². The van der Waals surface area contributed by atoms with Crippen LogP contribution in [0.15, 0.2) is 12.4 Å². The summed E-state index contributed by atoms with van der Waals surface area (Å²) < 4.78 is 1.83. The van der Waals surface area contributed by atoms with E-state index in [0.717, 1.165) is 12.2 Å². The molecule has 0 aliphatic carbocycles. The molecule has 0 saturated carbocycles. The van der Waals surface area contributed by atoms with Gasteiger partial charge in [-0.15, -0.1) is 10.2 Å². The molecule has 0 fully saturated rings.